The fourth-order valence-electron chi connectivity index (χ4n) is 4.56. The van der Waals surface area contributed by atoms with Crippen LogP contribution in [0.25, 0.3) is 10.9 Å². The Kier molecular flexibility index (Phi) is 4.54. The number of urea groups is 1. The first kappa shape index (κ1) is 19.4. The number of imide groups is 1. The van der Waals surface area contributed by atoms with E-state index in [9.17, 15) is 14.4 Å². The summed E-state index contributed by atoms with van der Waals surface area (Å²) in [5.74, 6) is -0.415. The molecule has 2 aromatic carbocycles. The van der Waals surface area contributed by atoms with Crippen LogP contribution in [0.3, 0.4) is 0 Å². The second-order valence-corrected chi connectivity index (χ2v) is 8.49. The molecular weight excluding hydrogens is 392 g/mol. The highest BCUT2D eigenvalue weighted by Gasteiger charge is 2.53. The van der Waals surface area contributed by atoms with Crippen LogP contribution in [0.15, 0.2) is 54.6 Å². The number of carbonyl (C=O) groups excluding carboxylic acids is 3. The number of nitrogens with zero attached hydrogens (tertiary/aromatic N) is 2. The number of carbonyl (C=O) groups is 3. The van der Waals surface area contributed by atoms with Crippen LogP contribution >= 0.6 is 0 Å². The Hall–Kier alpha value is -3.61. The number of aromatic amines is 1. The zero-order valence-corrected chi connectivity index (χ0v) is 17.4. The molecule has 2 aliphatic heterocycles. The van der Waals surface area contributed by atoms with Crippen LogP contribution in [-0.2, 0) is 11.3 Å². The molecule has 3 aromatic rings. The fraction of sp³-hybridized carbons (Fsp3) is 0.292. The zero-order valence-electron chi connectivity index (χ0n) is 17.4. The fourth-order valence-corrected chi connectivity index (χ4v) is 4.56. The molecule has 2 aliphatic rings. The Balaban J connectivity index is 1.36. The van der Waals surface area contributed by atoms with E-state index in [0.717, 1.165) is 22.0 Å². The van der Waals surface area contributed by atoms with Crippen LogP contribution < -0.4 is 5.32 Å². The van der Waals surface area contributed by atoms with Gasteiger partial charge in [0.05, 0.1) is 13.1 Å². The van der Waals surface area contributed by atoms with Crippen molar-refractivity contribution >= 4 is 28.7 Å². The lowest BCUT2D eigenvalue weighted by molar-refractivity contribution is -0.133. The van der Waals surface area contributed by atoms with Crippen molar-refractivity contribution in [3.05, 3.63) is 71.4 Å². The Morgan fingerprint density at radius 3 is 2.65 bits per heavy atom. The van der Waals surface area contributed by atoms with Gasteiger partial charge in [-0.1, -0.05) is 48.0 Å². The van der Waals surface area contributed by atoms with E-state index in [0.29, 0.717) is 25.1 Å². The highest BCUT2D eigenvalue weighted by molar-refractivity contribution is 6.08. The Bertz CT molecular complexity index is 1150. The third-order valence-corrected chi connectivity index (χ3v) is 6.25. The molecule has 3 heterocycles. The molecule has 4 amide bonds. The average Bonchev–Trinajstić information content (AvgIpc) is 3.30. The van der Waals surface area contributed by atoms with E-state index < -0.39 is 11.6 Å². The van der Waals surface area contributed by atoms with Crippen molar-refractivity contribution in [3.8, 4) is 0 Å². The summed E-state index contributed by atoms with van der Waals surface area (Å²) >= 11 is 0. The summed E-state index contributed by atoms with van der Waals surface area (Å²) in [5.41, 5.74) is 2.35. The molecule has 1 aromatic heterocycles. The van der Waals surface area contributed by atoms with Crippen molar-refractivity contribution in [1.29, 1.82) is 0 Å². The Labute approximate surface area is 180 Å². The maximum Gasteiger partial charge on any atom is 0.325 e. The second-order valence-electron chi connectivity index (χ2n) is 8.49. The SMILES string of the molecule is Cc1ccc(CN2C(=O)N[C@]3(CCCN(C(=O)c4cc5ccccc5[nH]4)C3)C2=O)cc1. The van der Waals surface area contributed by atoms with Crippen molar-refractivity contribution in [1.82, 2.24) is 20.1 Å². The molecule has 1 atom stereocenters. The first-order chi connectivity index (χ1) is 14.9. The van der Waals surface area contributed by atoms with Crippen LogP contribution in [-0.4, -0.2) is 51.3 Å². The maximum absolute atomic E-state index is 13.3. The molecule has 158 valence electrons. The van der Waals surface area contributed by atoms with Crippen molar-refractivity contribution in [2.24, 2.45) is 0 Å². The van der Waals surface area contributed by atoms with Gasteiger partial charge in [0, 0.05) is 17.4 Å². The molecule has 1 spiro atoms. The molecule has 2 saturated heterocycles. The largest absolute Gasteiger partial charge is 0.351 e. The van der Waals surface area contributed by atoms with Crippen LogP contribution in [0.5, 0.6) is 0 Å². The number of hydrogen-bond donors (Lipinski definition) is 2. The van der Waals surface area contributed by atoms with Gasteiger partial charge in [-0.05, 0) is 37.5 Å². The van der Waals surface area contributed by atoms with Crippen LogP contribution in [0.4, 0.5) is 4.79 Å². The third kappa shape index (κ3) is 3.36. The van der Waals surface area contributed by atoms with Gasteiger partial charge in [0.2, 0.25) is 0 Å². The average molecular weight is 416 g/mol. The molecule has 7 heteroatoms. The monoisotopic (exact) mass is 416 g/mol. The standard InChI is InChI=1S/C24H24N4O3/c1-16-7-9-17(10-8-16)14-28-22(30)24(26-23(28)31)11-4-12-27(15-24)21(29)20-13-18-5-2-3-6-19(18)25-20/h2-3,5-10,13,25H,4,11-12,14-15H2,1H3,(H,26,31)/t24-/m0/s1. The van der Waals surface area contributed by atoms with Gasteiger partial charge >= 0.3 is 6.03 Å². The minimum Gasteiger partial charge on any atom is -0.351 e. The summed E-state index contributed by atoms with van der Waals surface area (Å²) < 4.78 is 0. The van der Waals surface area contributed by atoms with Crippen molar-refractivity contribution < 1.29 is 14.4 Å². The highest BCUT2D eigenvalue weighted by atomic mass is 16.2. The lowest BCUT2D eigenvalue weighted by Gasteiger charge is -2.38. The molecular formula is C24H24N4O3. The van der Waals surface area contributed by atoms with E-state index in [4.69, 9.17) is 0 Å². The summed E-state index contributed by atoms with van der Waals surface area (Å²) in [6.45, 7) is 2.95. The zero-order chi connectivity index (χ0) is 21.6. The Morgan fingerprint density at radius 1 is 1.10 bits per heavy atom. The van der Waals surface area contributed by atoms with E-state index >= 15 is 0 Å². The molecule has 31 heavy (non-hydrogen) atoms. The molecule has 0 saturated carbocycles. The summed E-state index contributed by atoms with van der Waals surface area (Å²) in [6.07, 6.45) is 1.18. The second kappa shape index (κ2) is 7.27. The molecule has 5 rings (SSSR count). The molecule has 0 radical (unpaired) electrons. The summed E-state index contributed by atoms with van der Waals surface area (Å²) in [5, 5.41) is 3.86. The summed E-state index contributed by atoms with van der Waals surface area (Å²) in [6, 6.07) is 16.9. The summed E-state index contributed by atoms with van der Waals surface area (Å²) in [7, 11) is 0. The van der Waals surface area contributed by atoms with Gasteiger partial charge in [0.25, 0.3) is 11.8 Å². The molecule has 7 nitrogen and oxygen atoms in total. The van der Waals surface area contributed by atoms with E-state index in [1.807, 2.05) is 61.5 Å². The van der Waals surface area contributed by atoms with Crippen molar-refractivity contribution in [2.45, 2.75) is 31.8 Å². The number of rotatable bonds is 3. The normalized spacial score (nSPS) is 21.2. The number of H-pyrrole nitrogens is 1. The number of fused-ring (bicyclic) bond motifs is 1. The number of aromatic nitrogens is 1. The number of nitrogens with one attached hydrogen (secondary N) is 2. The molecule has 0 bridgehead atoms. The quantitative estimate of drug-likeness (QED) is 0.643. The van der Waals surface area contributed by atoms with Crippen LogP contribution in [0.1, 0.15) is 34.5 Å². The summed E-state index contributed by atoms with van der Waals surface area (Å²) in [4.78, 5) is 45.2. The van der Waals surface area contributed by atoms with E-state index in [1.54, 1.807) is 4.90 Å². The van der Waals surface area contributed by atoms with Gasteiger partial charge in [0.15, 0.2) is 0 Å². The number of likely N-dealkylation sites (tertiary alicyclic amines) is 1. The number of amides is 4. The predicted molar refractivity (Wildman–Crippen MR) is 116 cm³/mol. The predicted octanol–water partition coefficient (Wildman–Crippen LogP) is 3.20. The molecule has 2 fully saturated rings. The van der Waals surface area contributed by atoms with Gasteiger partial charge in [-0.3, -0.25) is 14.5 Å². The highest BCUT2D eigenvalue weighted by Crippen LogP contribution is 2.30. The van der Waals surface area contributed by atoms with Crippen molar-refractivity contribution in [2.75, 3.05) is 13.1 Å². The smallest absolute Gasteiger partial charge is 0.325 e. The van der Waals surface area contributed by atoms with Crippen LogP contribution in [0.2, 0.25) is 0 Å². The Morgan fingerprint density at radius 2 is 1.87 bits per heavy atom. The number of aryl methyl sites for hydroxylation is 1. The molecule has 0 aliphatic carbocycles. The van der Waals surface area contributed by atoms with E-state index in [1.165, 1.54) is 4.90 Å². The van der Waals surface area contributed by atoms with Crippen molar-refractivity contribution in [3.63, 3.8) is 0 Å². The van der Waals surface area contributed by atoms with E-state index in [2.05, 4.69) is 10.3 Å². The van der Waals surface area contributed by atoms with E-state index in [-0.39, 0.29) is 24.9 Å². The molecule has 0 unspecified atom stereocenters. The van der Waals surface area contributed by atoms with Crippen LogP contribution in [0, 0.1) is 6.92 Å². The van der Waals surface area contributed by atoms with Gasteiger partial charge in [-0.15, -0.1) is 0 Å². The first-order valence-electron chi connectivity index (χ1n) is 10.5. The van der Waals surface area contributed by atoms with Gasteiger partial charge in [-0.2, -0.15) is 0 Å². The van der Waals surface area contributed by atoms with Gasteiger partial charge in [0.1, 0.15) is 11.2 Å². The topological polar surface area (TPSA) is 85.5 Å². The number of hydrogen-bond acceptors (Lipinski definition) is 3. The minimum atomic E-state index is -1.05. The lowest BCUT2D eigenvalue weighted by atomic mass is 9.88. The number of piperidine rings is 1. The maximum atomic E-state index is 13.3. The first-order valence-corrected chi connectivity index (χ1v) is 10.5. The van der Waals surface area contributed by atoms with Gasteiger partial charge in [-0.25, -0.2) is 4.79 Å². The number of benzene rings is 2. The minimum absolute atomic E-state index is 0.158. The number of para-hydroxylation sites is 1. The molecule has 2 N–H and O–H groups in total. The lowest BCUT2D eigenvalue weighted by Crippen LogP contribution is -2.59. The van der Waals surface area contributed by atoms with Gasteiger partial charge < -0.3 is 15.2 Å². The third-order valence-electron chi connectivity index (χ3n) is 6.25.